The number of carbonyl (C=O) groups is 2. The molecule has 1 aliphatic rings. The zero-order chi connectivity index (χ0) is 14.5. The van der Waals surface area contributed by atoms with Crippen LogP contribution in [-0.4, -0.2) is 43.0 Å². The summed E-state index contributed by atoms with van der Waals surface area (Å²) in [6.07, 6.45) is 0.198. The van der Waals surface area contributed by atoms with Crippen molar-refractivity contribution in [1.82, 2.24) is 10.2 Å². The molecule has 1 aromatic carbocycles. The number of nitrogens with zero attached hydrogens (tertiary/aromatic N) is 1. The van der Waals surface area contributed by atoms with Crippen LogP contribution in [0.1, 0.15) is 16.8 Å². The standard InChI is InChI=1S/C13H14F2N2O3/c14-13(15)20-10-4-2-1-3-9(10)12(19)17-7-5-11(18)16-6-8-17/h1-4,13H,5-8H2,(H,16,18). The van der Waals surface area contributed by atoms with E-state index in [4.69, 9.17) is 0 Å². The number of benzene rings is 1. The van der Waals surface area contributed by atoms with Gasteiger partial charge in [0.15, 0.2) is 0 Å². The van der Waals surface area contributed by atoms with Crippen molar-refractivity contribution in [3.8, 4) is 5.75 Å². The van der Waals surface area contributed by atoms with Crippen LogP contribution in [0.15, 0.2) is 24.3 Å². The predicted molar refractivity (Wildman–Crippen MR) is 66.6 cm³/mol. The lowest BCUT2D eigenvalue weighted by Crippen LogP contribution is -2.34. The number of alkyl halides is 2. The summed E-state index contributed by atoms with van der Waals surface area (Å²) in [5.74, 6) is -0.703. The number of amides is 2. The number of rotatable bonds is 3. The molecule has 0 aromatic heterocycles. The predicted octanol–water partition coefficient (Wildman–Crippen LogP) is 1.25. The van der Waals surface area contributed by atoms with Gasteiger partial charge in [0.25, 0.3) is 5.91 Å². The van der Waals surface area contributed by atoms with E-state index >= 15 is 0 Å². The summed E-state index contributed by atoms with van der Waals surface area (Å²) < 4.78 is 29.0. The van der Waals surface area contributed by atoms with Crippen molar-refractivity contribution in [2.45, 2.75) is 13.0 Å². The molecule has 2 rings (SSSR count). The number of hydrogen-bond donors (Lipinski definition) is 1. The van der Waals surface area contributed by atoms with Crippen molar-refractivity contribution in [2.75, 3.05) is 19.6 Å². The van der Waals surface area contributed by atoms with Gasteiger partial charge in [-0.1, -0.05) is 12.1 Å². The smallest absolute Gasteiger partial charge is 0.387 e. The maximum atomic E-state index is 12.3. The normalized spacial score (nSPS) is 15.8. The lowest BCUT2D eigenvalue weighted by Gasteiger charge is -2.21. The third-order valence-electron chi connectivity index (χ3n) is 2.93. The molecule has 0 spiro atoms. The first-order valence-electron chi connectivity index (χ1n) is 6.18. The minimum Gasteiger partial charge on any atom is -0.434 e. The first kappa shape index (κ1) is 14.2. The zero-order valence-corrected chi connectivity index (χ0v) is 10.6. The van der Waals surface area contributed by atoms with E-state index in [1.54, 1.807) is 6.07 Å². The Balaban J connectivity index is 2.17. The van der Waals surface area contributed by atoms with Crippen molar-refractivity contribution < 1.29 is 23.1 Å². The molecule has 1 heterocycles. The summed E-state index contributed by atoms with van der Waals surface area (Å²) in [4.78, 5) is 25.0. The van der Waals surface area contributed by atoms with Gasteiger partial charge in [-0.25, -0.2) is 0 Å². The van der Waals surface area contributed by atoms with Crippen LogP contribution in [0.2, 0.25) is 0 Å². The van der Waals surface area contributed by atoms with Gasteiger partial charge < -0.3 is 15.0 Å². The molecule has 5 nitrogen and oxygen atoms in total. The molecule has 1 saturated heterocycles. The highest BCUT2D eigenvalue weighted by molar-refractivity contribution is 5.97. The van der Waals surface area contributed by atoms with E-state index < -0.39 is 12.5 Å². The van der Waals surface area contributed by atoms with E-state index in [0.717, 1.165) is 0 Å². The van der Waals surface area contributed by atoms with Gasteiger partial charge in [0, 0.05) is 26.1 Å². The maximum Gasteiger partial charge on any atom is 0.387 e. The lowest BCUT2D eigenvalue weighted by molar-refractivity contribution is -0.120. The second-order valence-corrected chi connectivity index (χ2v) is 4.27. The van der Waals surface area contributed by atoms with Crippen LogP contribution in [0.5, 0.6) is 5.75 Å². The fraction of sp³-hybridized carbons (Fsp3) is 0.385. The quantitative estimate of drug-likeness (QED) is 0.908. The second kappa shape index (κ2) is 6.31. The van der Waals surface area contributed by atoms with Crippen LogP contribution in [0.25, 0.3) is 0 Å². The Morgan fingerprint density at radius 2 is 2.05 bits per heavy atom. The fourth-order valence-corrected chi connectivity index (χ4v) is 1.98. The monoisotopic (exact) mass is 284 g/mol. The average molecular weight is 284 g/mol. The van der Waals surface area contributed by atoms with Crippen LogP contribution < -0.4 is 10.1 Å². The Morgan fingerprint density at radius 1 is 1.30 bits per heavy atom. The molecular formula is C13H14F2N2O3. The summed E-state index contributed by atoms with van der Waals surface area (Å²) in [6.45, 7) is -2.04. The number of para-hydroxylation sites is 1. The van der Waals surface area contributed by atoms with Gasteiger partial charge in [-0.15, -0.1) is 0 Å². The highest BCUT2D eigenvalue weighted by Gasteiger charge is 2.23. The van der Waals surface area contributed by atoms with E-state index in [1.807, 2.05) is 0 Å². The largest absolute Gasteiger partial charge is 0.434 e. The molecule has 108 valence electrons. The van der Waals surface area contributed by atoms with Crippen LogP contribution in [-0.2, 0) is 4.79 Å². The Bertz CT molecular complexity index is 508. The number of nitrogens with one attached hydrogen (secondary N) is 1. The zero-order valence-electron chi connectivity index (χ0n) is 10.6. The summed E-state index contributed by atoms with van der Waals surface area (Å²) in [5, 5.41) is 2.64. The number of halogens is 2. The third-order valence-corrected chi connectivity index (χ3v) is 2.93. The van der Waals surface area contributed by atoms with Gasteiger partial charge >= 0.3 is 6.61 Å². The Hall–Kier alpha value is -2.18. The fourth-order valence-electron chi connectivity index (χ4n) is 1.98. The molecule has 20 heavy (non-hydrogen) atoms. The van der Waals surface area contributed by atoms with Gasteiger partial charge in [0.2, 0.25) is 5.91 Å². The van der Waals surface area contributed by atoms with Crippen molar-refractivity contribution in [1.29, 1.82) is 0 Å². The molecule has 7 heteroatoms. The maximum absolute atomic E-state index is 12.3. The topological polar surface area (TPSA) is 58.6 Å². The molecule has 0 unspecified atom stereocenters. The van der Waals surface area contributed by atoms with Gasteiger partial charge in [0.1, 0.15) is 5.75 Å². The van der Waals surface area contributed by atoms with Crippen LogP contribution >= 0.6 is 0 Å². The van der Waals surface area contributed by atoms with Crippen LogP contribution in [0, 0.1) is 0 Å². The molecule has 1 fully saturated rings. The first-order chi connectivity index (χ1) is 9.58. The SMILES string of the molecule is O=C1CCN(C(=O)c2ccccc2OC(F)F)CCN1. The highest BCUT2D eigenvalue weighted by atomic mass is 19.3. The minimum atomic E-state index is -2.99. The minimum absolute atomic E-state index is 0.0714. The number of ether oxygens (including phenoxy) is 1. The Morgan fingerprint density at radius 3 is 2.80 bits per heavy atom. The molecule has 0 radical (unpaired) electrons. The summed E-state index contributed by atoms with van der Waals surface area (Å²) in [5.41, 5.74) is 0.0714. The number of carbonyl (C=O) groups excluding carboxylic acids is 2. The van der Waals surface area contributed by atoms with Crippen molar-refractivity contribution in [3.05, 3.63) is 29.8 Å². The van der Waals surface area contributed by atoms with Gasteiger partial charge in [-0.2, -0.15) is 8.78 Å². The molecule has 0 atom stereocenters. The van der Waals surface area contributed by atoms with Crippen molar-refractivity contribution in [3.63, 3.8) is 0 Å². The lowest BCUT2D eigenvalue weighted by atomic mass is 10.1. The van der Waals surface area contributed by atoms with E-state index in [0.29, 0.717) is 13.1 Å². The van der Waals surface area contributed by atoms with Gasteiger partial charge in [-0.3, -0.25) is 9.59 Å². The highest BCUT2D eigenvalue weighted by Crippen LogP contribution is 2.22. The molecule has 2 amide bonds. The Labute approximate surface area is 114 Å². The molecule has 0 aliphatic carbocycles. The summed E-state index contributed by atoms with van der Waals surface area (Å²) in [7, 11) is 0. The average Bonchev–Trinajstić information content (AvgIpc) is 2.63. The molecule has 1 N–H and O–H groups in total. The van der Waals surface area contributed by atoms with Crippen molar-refractivity contribution in [2.24, 2.45) is 0 Å². The van der Waals surface area contributed by atoms with E-state index in [9.17, 15) is 18.4 Å². The molecular weight excluding hydrogens is 270 g/mol. The summed E-state index contributed by atoms with van der Waals surface area (Å²) >= 11 is 0. The van der Waals surface area contributed by atoms with E-state index in [-0.39, 0.29) is 30.2 Å². The first-order valence-corrected chi connectivity index (χ1v) is 6.18. The second-order valence-electron chi connectivity index (χ2n) is 4.27. The molecule has 1 aromatic rings. The Kier molecular flexibility index (Phi) is 4.49. The van der Waals surface area contributed by atoms with E-state index in [2.05, 4.69) is 10.1 Å². The van der Waals surface area contributed by atoms with E-state index in [1.165, 1.54) is 23.1 Å². The van der Waals surface area contributed by atoms with Crippen molar-refractivity contribution >= 4 is 11.8 Å². The summed E-state index contributed by atoms with van der Waals surface area (Å²) in [6, 6.07) is 5.84. The number of hydrogen-bond acceptors (Lipinski definition) is 3. The molecule has 0 bridgehead atoms. The molecule has 1 aliphatic heterocycles. The third kappa shape index (κ3) is 3.43. The molecule has 0 saturated carbocycles. The van der Waals surface area contributed by atoms with Gasteiger partial charge in [0.05, 0.1) is 5.56 Å². The van der Waals surface area contributed by atoms with Crippen LogP contribution in [0.3, 0.4) is 0 Å². The van der Waals surface area contributed by atoms with Gasteiger partial charge in [-0.05, 0) is 12.1 Å². The van der Waals surface area contributed by atoms with Crippen LogP contribution in [0.4, 0.5) is 8.78 Å².